The fraction of sp³-hybridized carbons (Fsp3) is 0.485. The van der Waals surface area contributed by atoms with Crippen LogP contribution in [0, 0.1) is 11.6 Å². The largest absolute Gasteiger partial charge is 0.461 e. The maximum Gasteiger partial charge on any atom is 0.319 e. The number of ether oxygens (including phenoxy) is 1. The Morgan fingerprint density at radius 2 is 1.79 bits per heavy atom. The maximum absolute atomic E-state index is 16.6. The molecule has 3 aliphatic heterocycles. The molecule has 2 aromatic heterocycles. The molecule has 0 radical (unpaired) electrons. The molecule has 42 heavy (non-hydrogen) atoms. The normalized spacial score (nSPS) is 21.0. The quantitative estimate of drug-likeness (QED) is 0.235. The lowest BCUT2D eigenvalue weighted by Gasteiger charge is -2.32. The second kappa shape index (κ2) is 11.6. The summed E-state index contributed by atoms with van der Waals surface area (Å²) in [5.74, 6) is -0.311. The Hall–Kier alpha value is -3.04. The van der Waals surface area contributed by atoms with Gasteiger partial charge in [-0.2, -0.15) is 21.7 Å². The SMILES string of the molecule is CSC1CCCCCN(c2nc(OCC34CCCN3CCC4)nc3c(F)c(-c4cccc5cccc(F)c45)ncc23)C1. The van der Waals surface area contributed by atoms with Crippen molar-refractivity contribution in [3.63, 3.8) is 0 Å². The number of halogens is 2. The Bertz CT molecular complexity index is 1600. The Labute approximate surface area is 249 Å². The molecule has 0 saturated carbocycles. The first-order valence-corrected chi connectivity index (χ1v) is 16.5. The highest BCUT2D eigenvalue weighted by Crippen LogP contribution is 2.40. The van der Waals surface area contributed by atoms with E-state index in [4.69, 9.17) is 9.72 Å². The molecule has 5 heterocycles. The predicted molar refractivity (Wildman–Crippen MR) is 166 cm³/mol. The van der Waals surface area contributed by atoms with Crippen LogP contribution in [-0.4, -0.2) is 69.7 Å². The summed E-state index contributed by atoms with van der Waals surface area (Å²) in [6, 6.07) is 10.4. The molecular formula is C33H37F2N5OS. The van der Waals surface area contributed by atoms with Gasteiger partial charge in [-0.1, -0.05) is 43.2 Å². The number of thioether (sulfide) groups is 1. The lowest BCUT2D eigenvalue weighted by molar-refractivity contribution is 0.108. The summed E-state index contributed by atoms with van der Waals surface area (Å²) >= 11 is 1.87. The summed E-state index contributed by atoms with van der Waals surface area (Å²) in [5.41, 5.74) is 0.682. The molecular weight excluding hydrogens is 552 g/mol. The fourth-order valence-electron chi connectivity index (χ4n) is 7.33. The number of hydrogen-bond acceptors (Lipinski definition) is 7. The Balaban J connectivity index is 1.35. The zero-order chi connectivity index (χ0) is 28.7. The van der Waals surface area contributed by atoms with Crippen molar-refractivity contribution in [2.45, 2.75) is 62.2 Å². The van der Waals surface area contributed by atoms with E-state index in [1.54, 1.807) is 24.4 Å². The van der Waals surface area contributed by atoms with Crippen molar-refractivity contribution in [1.82, 2.24) is 19.9 Å². The second-order valence-corrected chi connectivity index (χ2v) is 13.2. The molecule has 6 nitrogen and oxygen atoms in total. The summed E-state index contributed by atoms with van der Waals surface area (Å²) in [4.78, 5) is 19.0. The molecule has 0 bridgehead atoms. The highest BCUT2D eigenvalue weighted by molar-refractivity contribution is 7.99. The maximum atomic E-state index is 16.6. The molecule has 0 aliphatic carbocycles. The number of fused-ring (bicyclic) bond motifs is 3. The van der Waals surface area contributed by atoms with E-state index >= 15 is 8.78 Å². The van der Waals surface area contributed by atoms with E-state index in [-0.39, 0.29) is 22.8 Å². The lowest BCUT2D eigenvalue weighted by atomic mass is 9.95. The standard InChI is InChI=1S/C33H37F2N5OS/c1-42-23-11-3-2-4-16-39(20-23)31-25-19-36-29(24-12-5-9-22-10-6-13-26(34)27(22)24)28(35)30(25)37-32(38-31)41-21-33-14-7-17-40(33)18-8-15-33/h5-6,9-10,12-13,19,23H,2-4,7-8,11,14-18,20-21H2,1H3. The van der Waals surface area contributed by atoms with Crippen LogP contribution in [0.1, 0.15) is 51.4 Å². The van der Waals surface area contributed by atoms with Crippen molar-refractivity contribution >= 4 is 39.3 Å². The zero-order valence-electron chi connectivity index (χ0n) is 24.1. The number of aromatic nitrogens is 3. The molecule has 3 aliphatic rings. The van der Waals surface area contributed by atoms with Gasteiger partial charge in [-0.05, 0) is 69.3 Å². The molecule has 9 heteroatoms. The molecule has 220 valence electrons. The third kappa shape index (κ3) is 4.98. The minimum atomic E-state index is -0.577. The fourth-order valence-corrected chi connectivity index (χ4v) is 8.06. The molecule has 2 aromatic carbocycles. The van der Waals surface area contributed by atoms with Crippen molar-refractivity contribution in [2.75, 3.05) is 43.9 Å². The van der Waals surface area contributed by atoms with Gasteiger partial charge in [0, 0.05) is 35.5 Å². The minimum Gasteiger partial charge on any atom is -0.461 e. The van der Waals surface area contributed by atoms with Gasteiger partial charge in [-0.25, -0.2) is 8.78 Å². The highest BCUT2D eigenvalue weighted by Gasteiger charge is 2.45. The van der Waals surface area contributed by atoms with Gasteiger partial charge in [0.25, 0.3) is 0 Å². The van der Waals surface area contributed by atoms with Crippen LogP contribution in [0.4, 0.5) is 14.6 Å². The summed E-state index contributed by atoms with van der Waals surface area (Å²) in [7, 11) is 0. The van der Waals surface area contributed by atoms with E-state index < -0.39 is 11.6 Å². The van der Waals surface area contributed by atoms with Crippen molar-refractivity contribution in [3.05, 3.63) is 54.2 Å². The predicted octanol–water partition coefficient (Wildman–Crippen LogP) is 7.24. The van der Waals surface area contributed by atoms with Crippen molar-refractivity contribution in [1.29, 1.82) is 0 Å². The molecule has 0 amide bonds. The third-order valence-electron chi connectivity index (χ3n) is 9.54. The van der Waals surface area contributed by atoms with Crippen LogP contribution in [0.15, 0.2) is 42.6 Å². The van der Waals surface area contributed by atoms with Crippen molar-refractivity contribution < 1.29 is 13.5 Å². The summed E-state index contributed by atoms with van der Waals surface area (Å²) in [5, 5.41) is 2.07. The van der Waals surface area contributed by atoms with Crippen LogP contribution in [0.3, 0.4) is 0 Å². The Kier molecular flexibility index (Phi) is 7.65. The minimum absolute atomic E-state index is 0.0192. The third-order valence-corrected chi connectivity index (χ3v) is 10.6. The molecule has 1 atom stereocenters. The van der Waals surface area contributed by atoms with Crippen LogP contribution >= 0.6 is 11.8 Å². The van der Waals surface area contributed by atoms with Crippen molar-refractivity contribution in [2.24, 2.45) is 0 Å². The first-order chi connectivity index (χ1) is 20.6. The first kappa shape index (κ1) is 27.8. The van der Waals surface area contributed by atoms with Gasteiger partial charge in [0.1, 0.15) is 29.5 Å². The van der Waals surface area contributed by atoms with Crippen LogP contribution < -0.4 is 9.64 Å². The monoisotopic (exact) mass is 589 g/mol. The Morgan fingerprint density at radius 1 is 0.976 bits per heavy atom. The number of benzene rings is 2. The average molecular weight is 590 g/mol. The molecule has 3 saturated heterocycles. The number of anilines is 1. The topological polar surface area (TPSA) is 54.4 Å². The number of hydrogen-bond donors (Lipinski definition) is 0. The molecule has 7 rings (SSSR count). The van der Waals surface area contributed by atoms with Crippen molar-refractivity contribution in [3.8, 4) is 17.3 Å². The number of pyridine rings is 1. The van der Waals surface area contributed by atoms with E-state index in [2.05, 4.69) is 26.0 Å². The van der Waals surface area contributed by atoms with E-state index in [1.165, 1.54) is 25.3 Å². The van der Waals surface area contributed by atoms with Gasteiger partial charge in [-0.3, -0.25) is 9.88 Å². The second-order valence-electron chi connectivity index (χ2n) is 12.0. The van der Waals surface area contributed by atoms with Gasteiger partial charge in [-0.15, -0.1) is 0 Å². The van der Waals surface area contributed by atoms with Crippen LogP contribution in [0.5, 0.6) is 6.01 Å². The lowest BCUT2D eigenvalue weighted by Crippen LogP contribution is -2.43. The van der Waals surface area contributed by atoms with E-state index in [9.17, 15) is 0 Å². The van der Waals surface area contributed by atoms with Gasteiger partial charge in [0.15, 0.2) is 5.82 Å². The summed E-state index contributed by atoms with van der Waals surface area (Å²) in [6.45, 7) is 4.35. The molecule has 3 fully saturated rings. The molecule has 0 N–H and O–H groups in total. The van der Waals surface area contributed by atoms with Gasteiger partial charge in [0.2, 0.25) is 0 Å². The Morgan fingerprint density at radius 3 is 2.60 bits per heavy atom. The summed E-state index contributed by atoms with van der Waals surface area (Å²) < 4.78 is 38.1. The van der Waals surface area contributed by atoms with E-state index in [0.29, 0.717) is 39.4 Å². The van der Waals surface area contributed by atoms with Gasteiger partial charge in [0.05, 0.1) is 10.9 Å². The van der Waals surface area contributed by atoms with Gasteiger partial charge < -0.3 is 9.64 Å². The summed E-state index contributed by atoms with van der Waals surface area (Å²) in [6.07, 6.45) is 12.9. The van der Waals surface area contributed by atoms with Crippen LogP contribution in [-0.2, 0) is 0 Å². The first-order valence-electron chi connectivity index (χ1n) is 15.3. The van der Waals surface area contributed by atoms with Crippen LogP contribution in [0.2, 0.25) is 0 Å². The van der Waals surface area contributed by atoms with Crippen LogP contribution in [0.25, 0.3) is 32.9 Å². The highest BCUT2D eigenvalue weighted by atomic mass is 32.2. The smallest absolute Gasteiger partial charge is 0.319 e. The van der Waals surface area contributed by atoms with Gasteiger partial charge >= 0.3 is 6.01 Å². The van der Waals surface area contributed by atoms with E-state index in [1.807, 2.05) is 23.9 Å². The molecule has 4 aromatic rings. The zero-order valence-corrected chi connectivity index (χ0v) is 24.9. The average Bonchev–Trinajstić information content (AvgIpc) is 3.57. The number of nitrogens with zero attached hydrogens (tertiary/aromatic N) is 5. The van der Waals surface area contributed by atoms with E-state index in [0.717, 1.165) is 58.3 Å². The number of rotatable bonds is 6. The molecule has 0 spiro atoms. The molecule has 1 unspecified atom stereocenters.